The highest BCUT2D eigenvalue weighted by Crippen LogP contribution is 2.42. The number of rotatable bonds is 7. The monoisotopic (exact) mass is 445 g/mol. The number of carbonyl (C=O) groups is 2. The first-order valence-electron chi connectivity index (χ1n) is 10.9. The zero-order chi connectivity index (χ0) is 23.4. The largest absolute Gasteiger partial charge is 0.464 e. The van der Waals surface area contributed by atoms with Crippen LogP contribution in [0.3, 0.4) is 0 Å². The normalized spacial score (nSPS) is 17.7. The Labute approximate surface area is 187 Å². The highest BCUT2D eigenvalue weighted by atomic mass is 19.1. The molecule has 1 aromatic carbocycles. The van der Waals surface area contributed by atoms with Gasteiger partial charge in [-0.05, 0) is 48.4 Å². The van der Waals surface area contributed by atoms with Crippen LogP contribution >= 0.6 is 0 Å². The van der Waals surface area contributed by atoms with Gasteiger partial charge >= 0.3 is 5.97 Å². The molecule has 1 aromatic heterocycles. The van der Waals surface area contributed by atoms with E-state index in [9.17, 15) is 18.4 Å². The summed E-state index contributed by atoms with van der Waals surface area (Å²) >= 11 is 0. The molecule has 32 heavy (non-hydrogen) atoms. The molecule has 2 atom stereocenters. The minimum atomic E-state index is -0.680. The van der Waals surface area contributed by atoms with E-state index in [0.29, 0.717) is 19.0 Å². The smallest absolute Gasteiger partial charge is 0.302 e. The lowest BCUT2D eigenvalue weighted by molar-refractivity contribution is -0.143. The van der Waals surface area contributed by atoms with Gasteiger partial charge < -0.3 is 9.64 Å². The van der Waals surface area contributed by atoms with Gasteiger partial charge in [0.25, 0.3) is 0 Å². The Morgan fingerprint density at radius 3 is 2.44 bits per heavy atom. The lowest BCUT2D eigenvalue weighted by Gasteiger charge is -2.35. The summed E-state index contributed by atoms with van der Waals surface area (Å²) < 4.78 is 33.7. The molecule has 2 unspecified atom stereocenters. The lowest BCUT2D eigenvalue weighted by atomic mass is 9.74. The topological polar surface area (TPSA) is 72.4 Å². The first-order valence-corrected chi connectivity index (χ1v) is 10.9. The van der Waals surface area contributed by atoms with Gasteiger partial charge in [0, 0.05) is 26.3 Å². The third-order valence-electron chi connectivity index (χ3n) is 6.04. The van der Waals surface area contributed by atoms with E-state index in [1.165, 1.54) is 32.0 Å². The average Bonchev–Trinajstić information content (AvgIpc) is 2.72. The van der Waals surface area contributed by atoms with Gasteiger partial charge in [0.05, 0.1) is 23.5 Å². The van der Waals surface area contributed by atoms with E-state index >= 15 is 0 Å². The van der Waals surface area contributed by atoms with Crippen LogP contribution in [-0.4, -0.2) is 46.7 Å². The second kappa shape index (κ2) is 10.1. The minimum absolute atomic E-state index is 0.0618. The van der Waals surface area contributed by atoms with Crippen LogP contribution in [0.1, 0.15) is 63.6 Å². The standard InChI is InChI=1S/C24H29F2N3O3/c1-14(2)18-9-8-17(13-29(15(3)30)10-11-32-16(4)31)24-19(18)12-22(27-28-24)23-20(25)6-5-7-21(23)26/h5-7,12,14,17-18H,8-11,13H2,1-4H3. The van der Waals surface area contributed by atoms with Crippen molar-refractivity contribution in [1.82, 2.24) is 15.1 Å². The van der Waals surface area contributed by atoms with Crippen LogP contribution in [-0.2, 0) is 14.3 Å². The SMILES string of the molecule is CC(=O)OCCN(CC1CCC(C(C)C)c2cc(-c3c(F)cccc3F)nnc21)C(C)=O. The van der Waals surface area contributed by atoms with Gasteiger partial charge in [-0.1, -0.05) is 19.9 Å². The number of carbonyl (C=O) groups excluding carboxylic acids is 2. The molecule has 1 aliphatic rings. The van der Waals surface area contributed by atoms with Gasteiger partial charge in [0.15, 0.2) is 0 Å². The summed E-state index contributed by atoms with van der Waals surface area (Å²) in [6.07, 6.45) is 1.69. The van der Waals surface area contributed by atoms with Gasteiger partial charge in [0.1, 0.15) is 18.2 Å². The quantitative estimate of drug-likeness (QED) is 0.589. The molecule has 8 heteroatoms. The second-order valence-corrected chi connectivity index (χ2v) is 8.60. The highest BCUT2D eigenvalue weighted by Gasteiger charge is 2.33. The van der Waals surface area contributed by atoms with Crippen molar-refractivity contribution in [1.29, 1.82) is 0 Å². The van der Waals surface area contributed by atoms with E-state index in [1.54, 1.807) is 11.0 Å². The van der Waals surface area contributed by atoms with Gasteiger partial charge in [-0.3, -0.25) is 9.59 Å². The maximum absolute atomic E-state index is 14.3. The van der Waals surface area contributed by atoms with Crippen LogP contribution in [0, 0.1) is 17.6 Å². The molecular weight excluding hydrogens is 416 g/mol. The number of hydrogen-bond acceptors (Lipinski definition) is 5. The molecule has 6 nitrogen and oxygen atoms in total. The molecule has 0 saturated carbocycles. The van der Waals surface area contributed by atoms with E-state index in [1.807, 2.05) is 0 Å². The summed E-state index contributed by atoms with van der Waals surface area (Å²) in [6.45, 7) is 7.85. The zero-order valence-corrected chi connectivity index (χ0v) is 18.9. The Kier molecular flexibility index (Phi) is 7.53. The van der Waals surface area contributed by atoms with Crippen molar-refractivity contribution in [2.75, 3.05) is 19.7 Å². The van der Waals surface area contributed by atoms with E-state index in [0.717, 1.165) is 24.1 Å². The molecule has 1 heterocycles. The summed E-state index contributed by atoms with van der Waals surface area (Å²) in [7, 11) is 0. The van der Waals surface area contributed by atoms with E-state index in [-0.39, 0.29) is 35.6 Å². The fraction of sp³-hybridized carbons (Fsp3) is 0.500. The molecule has 0 spiro atoms. The van der Waals surface area contributed by atoms with E-state index < -0.39 is 17.6 Å². The van der Waals surface area contributed by atoms with Crippen molar-refractivity contribution in [2.45, 2.75) is 52.4 Å². The molecule has 0 aliphatic heterocycles. The van der Waals surface area contributed by atoms with Gasteiger partial charge in [-0.15, -0.1) is 0 Å². The van der Waals surface area contributed by atoms with Crippen molar-refractivity contribution in [3.8, 4) is 11.3 Å². The number of aromatic nitrogens is 2. The fourth-order valence-electron chi connectivity index (χ4n) is 4.38. The van der Waals surface area contributed by atoms with Crippen molar-refractivity contribution < 1.29 is 23.1 Å². The molecule has 3 rings (SSSR count). The van der Waals surface area contributed by atoms with Crippen molar-refractivity contribution in [3.05, 3.63) is 47.2 Å². The molecule has 1 amide bonds. The molecule has 0 fully saturated rings. The number of amides is 1. The summed E-state index contributed by atoms with van der Waals surface area (Å²) in [6, 6.07) is 5.48. The molecule has 0 saturated heterocycles. The van der Waals surface area contributed by atoms with Gasteiger partial charge in [-0.25, -0.2) is 8.78 Å². The Morgan fingerprint density at radius 1 is 1.16 bits per heavy atom. The molecule has 0 N–H and O–H groups in total. The maximum Gasteiger partial charge on any atom is 0.302 e. The highest BCUT2D eigenvalue weighted by molar-refractivity contribution is 5.73. The average molecular weight is 446 g/mol. The number of fused-ring (bicyclic) bond motifs is 1. The molecule has 0 bridgehead atoms. The number of halogens is 2. The number of esters is 1. The van der Waals surface area contributed by atoms with Crippen molar-refractivity contribution in [3.63, 3.8) is 0 Å². The Bertz CT molecular complexity index is 976. The second-order valence-electron chi connectivity index (χ2n) is 8.60. The molecule has 2 aromatic rings. The lowest BCUT2D eigenvalue weighted by Crippen LogP contribution is -2.37. The van der Waals surface area contributed by atoms with Crippen LogP contribution < -0.4 is 0 Å². The van der Waals surface area contributed by atoms with E-state index in [2.05, 4.69) is 24.0 Å². The van der Waals surface area contributed by atoms with E-state index in [4.69, 9.17) is 4.74 Å². The van der Waals surface area contributed by atoms with Crippen molar-refractivity contribution >= 4 is 11.9 Å². The fourth-order valence-corrected chi connectivity index (χ4v) is 4.38. The molecular formula is C24H29F2N3O3. The summed E-state index contributed by atoms with van der Waals surface area (Å²) in [5.74, 6) is -1.45. The van der Waals surface area contributed by atoms with Crippen LogP contribution in [0.5, 0.6) is 0 Å². The van der Waals surface area contributed by atoms with Crippen LogP contribution in [0.4, 0.5) is 8.78 Å². The predicted octanol–water partition coefficient (Wildman–Crippen LogP) is 4.45. The minimum Gasteiger partial charge on any atom is -0.464 e. The molecule has 0 radical (unpaired) electrons. The number of ether oxygens (including phenoxy) is 1. The Morgan fingerprint density at radius 2 is 1.84 bits per heavy atom. The van der Waals surface area contributed by atoms with Gasteiger partial charge in [0.2, 0.25) is 5.91 Å². The van der Waals surface area contributed by atoms with Crippen LogP contribution in [0.15, 0.2) is 24.3 Å². The summed E-state index contributed by atoms with van der Waals surface area (Å²) in [4.78, 5) is 24.8. The first kappa shape index (κ1) is 23.8. The first-order chi connectivity index (χ1) is 15.2. The third-order valence-corrected chi connectivity index (χ3v) is 6.04. The Hall–Kier alpha value is -2.90. The summed E-state index contributed by atoms with van der Waals surface area (Å²) in [5.41, 5.74) is 1.67. The molecule has 1 aliphatic carbocycles. The number of benzene rings is 1. The van der Waals surface area contributed by atoms with Crippen molar-refractivity contribution in [2.24, 2.45) is 5.92 Å². The number of nitrogens with zero attached hydrogens (tertiary/aromatic N) is 3. The summed E-state index contributed by atoms with van der Waals surface area (Å²) in [5, 5.41) is 8.57. The Balaban J connectivity index is 1.94. The van der Waals surface area contributed by atoms with Crippen LogP contribution in [0.25, 0.3) is 11.3 Å². The zero-order valence-electron chi connectivity index (χ0n) is 18.9. The maximum atomic E-state index is 14.3. The van der Waals surface area contributed by atoms with Crippen LogP contribution in [0.2, 0.25) is 0 Å². The van der Waals surface area contributed by atoms with Gasteiger partial charge in [-0.2, -0.15) is 10.2 Å². The predicted molar refractivity (Wildman–Crippen MR) is 116 cm³/mol. The molecule has 172 valence electrons. The third kappa shape index (κ3) is 5.29. The number of hydrogen-bond donors (Lipinski definition) is 0.